The number of hydrogen-bond acceptors (Lipinski definition) is 4. The molecule has 0 unspecified atom stereocenters. The Kier molecular flexibility index (Phi) is 5.44. The Bertz CT molecular complexity index is 683. The molecule has 0 aromatic heterocycles. The minimum absolute atomic E-state index is 0.00246. The molecule has 0 N–H and O–H groups in total. The number of carbonyl (C=O) groups is 3. The lowest BCUT2D eigenvalue weighted by Crippen LogP contribution is -2.60. The average Bonchev–Trinajstić information content (AvgIpc) is 3.18. The highest BCUT2D eigenvalue weighted by molar-refractivity contribution is 5.96. The van der Waals surface area contributed by atoms with Crippen LogP contribution in [0.25, 0.3) is 0 Å². The Morgan fingerprint density at radius 1 is 1.15 bits per heavy atom. The molecule has 0 aliphatic carbocycles. The van der Waals surface area contributed by atoms with E-state index in [0.29, 0.717) is 6.54 Å². The molecule has 1 aromatic carbocycles. The van der Waals surface area contributed by atoms with Crippen LogP contribution in [0.15, 0.2) is 24.3 Å². The van der Waals surface area contributed by atoms with E-state index in [1.54, 1.807) is 23.8 Å². The second kappa shape index (κ2) is 7.76. The molecule has 0 saturated carbocycles. The van der Waals surface area contributed by atoms with E-state index in [9.17, 15) is 14.4 Å². The van der Waals surface area contributed by atoms with Crippen LogP contribution in [0.4, 0.5) is 0 Å². The first kappa shape index (κ1) is 18.2. The number of carbonyl (C=O) groups excluding carboxylic acids is 3. The Morgan fingerprint density at radius 2 is 1.81 bits per heavy atom. The van der Waals surface area contributed by atoms with E-state index in [2.05, 4.69) is 0 Å². The molecular weight excluding hydrogens is 334 g/mol. The molecule has 26 heavy (non-hydrogen) atoms. The zero-order chi connectivity index (χ0) is 18.7. The van der Waals surface area contributed by atoms with Crippen LogP contribution in [0.2, 0.25) is 0 Å². The lowest BCUT2D eigenvalue weighted by atomic mass is 10.1. The largest absolute Gasteiger partial charge is 0.497 e. The van der Waals surface area contributed by atoms with Crippen molar-refractivity contribution in [3.63, 3.8) is 0 Å². The van der Waals surface area contributed by atoms with Gasteiger partial charge in [0.1, 0.15) is 24.9 Å². The molecule has 0 radical (unpaired) electrons. The van der Waals surface area contributed by atoms with E-state index in [0.717, 1.165) is 37.2 Å². The maximum absolute atomic E-state index is 12.7. The standard InChI is InChI=1S/C19H25N3O4/c1-14-19(25)21(11-15-5-7-16(26-2)8-6-15)12-18(24)22(14)13-17(23)20-9-3-4-10-20/h5-8,14H,3-4,9-13H2,1-2H3/t14-/m0/s1. The normalized spacial score (nSPS) is 20.7. The van der Waals surface area contributed by atoms with Crippen molar-refractivity contribution in [1.82, 2.24) is 14.7 Å². The SMILES string of the molecule is COc1ccc(CN2CC(=O)N(CC(=O)N3CCCC3)[C@@H](C)C2=O)cc1. The van der Waals surface area contributed by atoms with Crippen molar-refractivity contribution in [3.05, 3.63) is 29.8 Å². The van der Waals surface area contributed by atoms with Crippen molar-refractivity contribution >= 4 is 17.7 Å². The first-order valence-corrected chi connectivity index (χ1v) is 8.98. The second-order valence-electron chi connectivity index (χ2n) is 6.83. The molecule has 0 bridgehead atoms. The second-order valence-corrected chi connectivity index (χ2v) is 6.83. The van der Waals surface area contributed by atoms with Crippen LogP contribution in [0.3, 0.4) is 0 Å². The van der Waals surface area contributed by atoms with Gasteiger partial charge in [0, 0.05) is 19.6 Å². The van der Waals surface area contributed by atoms with Gasteiger partial charge in [0.2, 0.25) is 17.7 Å². The predicted molar refractivity (Wildman–Crippen MR) is 95.4 cm³/mol. The van der Waals surface area contributed by atoms with Gasteiger partial charge in [0.15, 0.2) is 0 Å². The quantitative estimate of drug-likeness (QED) is 0.782. The Morgan fingerprint density at radius 3 is 2.42 bits per heavy atom. The van der Waals surface area contributed by atoms with Crippen LogP contribution in [0.1, 0.15) is 25.3 Å². The number of rotatable bonds is 5. The maximum Gasteiger partial charge on any atom is 0.245 e. The molecule has 1 aromatic rings. The lowest BCUT2D eigenvalue weighted by Gasteiger charge is -2.39. The summed E-state index contributed by atoms with van der Waals surface area (Å²) in [5.41, 5.74) is 0.931. The summed E-state index contributed by atoms with van der Waals surface area (Å²) in [4.78, 5) is 42.3. The fraction of sp³-hybridized carbons (Fsp3) is 0.526. The molecule has 1 atom stereocenters. The van der Waals surface area contributed by atoms with Crippen LogP contribution in [0.5, 0.6) is 5.75 Å². The minimum atomic E-state index is -0.624. The van der Waals surface area contributed by atoms with Gasteiger partial charge in [-0.25, -0.2) is 0 Å². The summed E-state index contributed by atoms with van der Waals surface area (Å²) in [5.74, 6) is 0.363. The molecule has 7 heteroatoms. The Hall–Kier alpha value is -2.57. The monoisotopic (exact) mass is 359 g/mol. The van der Waals surface area contributed by atoms with E-state index in [1.165, 1.54) is 4.90 Å². The van der Waals surface area contributed by atoms with Crippen molar-refractivity contribution in [1.29, 1.82) is 0 Å². The third-order valence-corrected chi connectivity index (χ3v) is 5.08. The number of benzene rings is 1. The van der Waals surface area contributed by atoms with E-state index in [-0.39, 0.29) is 30.8 Å². The number of hydrogen-bond donors (Lipinski definition) is 0. The van der Waals surface area contributed by atoms with E-state index in [4.69, 9.17) is 4.74 Å². The topological polar surface area (TPSA) is 70.2 Å². The lowest BCUT2D eigenvalue weighted by molar-refractivity contribution is -0.158. The van der Waals surface area contributed by atoms with Crippen LogP contribution < -0.4 is 4.74 Å². The number of nitrogens with zero attached hydrogens (tertiary/aromatic N) is 3. The molecule has 3 rings (SSSR count). The van der Waals surface area contributed by atoms with Gasteiger partial charge in [-0.1, -0.05) is 12.1 Å². The third kappa shape index (κ3) is 3.81. The van der Waals surface area contributed by atoms with Crippen molar-refractivity contribution in [3.8, 4) is 5.75 Å². The van der Waals surface area contributed by atoms with Gasteiger partial charge in [-0.3, -0.25) is 14.4 Å². The van der Waals surface area contributed by atoms with Gasteiger partial charge in [-0.05, 0) is 37.5 Å². The van der Waals surface area contributed by atoms with Crippen molar-refractivity contribution in [2.45, 2.75) is 32.4 Å². The molecular formula is C19H25N3O4. The molecule has 2 heterocycles. The maximum atomic E-state index is 12.7. The zero-order valence-corrected chi connectivity index (χ0v) is 15.3. The molecule has 2 fully saturated rings. The van der Waals surface area contributed by atoms with Crippen molar-refractivity contribution < 1.29 is 19.1 Å². The van der Waals surface area contributed by atoms with Crippen LogP contribution in [-0.4, -0.2) is 71.8 Å². The Labute approximate surface area is 153 Å². The van der Waals surface area contributed by atoms with Crippen molar-refractivity contribution in [2.24, 2.45) is 0 Å². The summed E-state index contributed by atoms with van der Waals surface area (Å²) in [6.07, 6.45) is 2.01. The Balaban J connectivity index is 1.63. The first-order valence-electron chi connectivity index (χ1n) is 8.98. The average molecular weight is 359 g/mol. The van der Waals surface area contributed by atoms with E-state index in [1.807, 2.05) is 24.3 Å². The summed E-state index contributed by atoms with van der Waals surface area (Å²) < 4.78 is 5.13. The van der Waals surface area contributed by atoms with Crippen LogP contribution in [-0.2, 0) is 20.9 Å². The highest BCUT2D eigenvalue weighted by Crippen LogP contribution is 2.18. The van der Waals surface area contributed by atoms with Gasteiger partial charge in [0.25, 0.3) is 0 Å². The van der Waals surface area contributed by atoms with Gasteiger partial charge < -0.3 is 19.4 Å². The minimum Gasteiger partial charge on any atom is -0.497 e. The number of ether oxygens (including phenoxy) is 1. The number of likely N-dealkylation sites (tertiary alicyclic amines) is 1. The van der Waals surface area contributed by atoms with Crippen LogP contribution >= 0.6 is 0 Å². The van der Waals surface area contributed by atoms with Gasteiger partial charge in [-0.2, -0.15) is 0 Å². The van der Waals surface area contributed by atoms with Crippen LogP contribution in [0, 0.1) is 0 Å². The number of methoxy groups -OCH3 is 1. The number of amides is 3. The molecule has 2 aliphatic heterocycles. The smallest absolute Gasteiger partial charge is 0.245 e. The summed E-state index contributed by atoms with van der Waals surface area (Å²) in [5, 5.41) is 0. The highest BCUT2D eigenvalue weighted by Gasteiger charge is 2.38. The summed E-state index contributed by atoms with van der Waals surface area (Å²) in [6.45, 7) is 3.54. The molecule has 2 aliphatic rings. The third-order valence-electron chi connectivity index (χ3n) is 5.08. The fourth-order valence-electron chi connectivity index (χ4n) is 3.47. The molecule has 140 valence electrons. The first-order chi connectivity index (χ1) is 12.5. The molecule has 3 amide bonds. The molecule has 2 saturated heterocycles. The van der Waals surface area contributed by atoms with Crippen molar-refractivity contribution in [2.75, 3.05) is 33.3 Å². The zero-order valence-electron chi connectivity index (χ0n) is 15.3. The summed E-state index contributed by atoms with van der Waals surface area (Å²) in [7, 11) is 1.60. The molecule has 0 spiro atoms. The molecule has 7 nitrogen and oxygen atoms in total. The summed E-state index contributed by atoms with van der Waals surface area (Å²) in [6, 6.07) is 6.79. The fourth-order valence-corrected chi connectivity index (χ4v) is 3.47. The summed E-state index contributed by atoms with van der Waals surface area (Å²) >= 11 is 0. The van der Waals surface area contributed by atoms with Gasteiger partial charge in [-0.15, -0.1) is 0 Å². The van der Waals surface area contributed by atoms with E-state index < -0.39 is 6.04 Å². The van der Waals surface area contributed by atoms with Gasteiger partial charge in [0.05, 0.1) is 7.11 Å². The number of piperazine rings is 1. The van der Waals surface area contributed by atoms with E-state index >= 15 is 0 Å². The highest BCUT2D eigenvalue weighted by atomic mass is 16.5. The van der Waals surface area contributed by atoms with Gasteiger partial charge >= 0.3 is 0 Å². The predicted octanol–water partition coefficient (Wildman–Crippen LogP) is 0.877.